The molecule has 5 nitrogen and oxygen atoms in total. The predicted octanol–water partition coefficient (Wildman–Crippen LogP) is 2.19. The third-order valence-electron chi connectivity index (χ3n) is 4.53. The first-order valence-corrected chi connectivity index (χ1v) is 8.31. The first kappa shape index (κ1) is 16.0. The molecule has 1 atom stereocenters. The van der Waals surface area contributed by atoms with Gasteiger partial charge in [0.2, 0.25) is 0 Å². The van der Waals surface area contributed by atoms with Gasteiger partial charge in [0.1, 0.15) is 11.6 Å². The van der Waals surface area contributed by atoms with Gasteiger partial charge in [0.25, 0.3) is 0 Å². The van der Waals surface area contributed by atoms with E-state index in [4.69, 9.17) is 4.74 Å². The fourth-order valence-electron chi connectivity index (χ4n) is 3.16. The third kappa shape index (κ3) is 3.57. The van der Waals surface area contributed by atoms with E-state index in [1.807, 2.05) is 31.3 Å². The minimum absolute atomic E-state index is 0.501. The number of aromatic nitrogens is 2. The SMILES string of the molecule is CCOc1ccccc1-c1nccn1CC1CN(C)CCN1C. The number of piperazine rings is 1. The van der Waals surface area contributed by atoms with E-state index in [0.29, 0.717) is 12.6 Å². The summed E-state index contributed by atoms with van der Waals surface area (Å²) in [5, 5.41) is 0. The minimum atomic E-state index is 0.501. The molecule has 0 aliphatic carbocycles. The normalized spacial score (nSPS) is 19.9. The molecule has 0 bridgehead atoms. The van der Waals surface area contributed by atoms with Gasteiger partial charge in [0, 0.05) is 44.6 Å². The van der Waals surface area contributed by atoms with Crippen LogP contribution in [0.15, 0.2) is 36.7 Å². The summed E-state index contributed by atoms with van der Waals surface area (Å²) in [6.07, 6.45) is 3.95. The molecule has 1 aliphatic rings. The van der Waals surface area contributed by atoms with Crippen molar-refractivity contribution in [2.24, 2.45) is 0 Å². The van der Waals surface area contributed by atoms with Crippen molar-refractivity contribution in [3.63, 3.8) is 0 Å². The monoisotopic (exact) mass is 314 g/mol. The molecule has 0 radical (unpaired) electrons. The van der Waals surface area contributed by atoms with Crippen LogP contribution in [0.25, 0.3) is 11.4 Å². The van der Waals surface area contributed by atoms with Crippen LogP contribution in [-0.4, -0.2) is 65.7 Å². The van der Waals surface area contributed by atoms with Crippen LogP contribution in [-0.2, 0) is 6.54 Å². The molecule has 2 aromatic rings. The quantitative estimate of drug-likeness (QED) is 0.847. The van der Waals surface area contributed by atoms with Crippen molar-refractivity contribution in [3.8, 4) is 17.1 Å². The van der Waals surface area contributed by atoms with Crippen molar-refractivity contribution < 1.29 is 4.74 Å². The van der Waals surface area contributed by atoms with E-state index >= 15 is 0 Å². The summed E-state index contributed by atoms with van der Waals surface area (Å²) in [6.45, 7) is 6.94. The number of likely N-dealkylation sites (N-methyl/N-ethyl adjacent to an activating group) is 2. The first-order valence-electron chi connectivity index (χ1n) is 8.31. The van der Waals surface area contributed by atoms with Gasteiger partial charge < -0.3 is 14.2 Å². The molecule has 124 valence electrons. The lowest BCUT2D eigenvalue weighted by atomic mass is 10.1. The van der Waals surface area contributed by atoms with Gasteiger partial charge >= 0.3 is 0 Å². The van der Waals surface area contributed by atoms with Crippen LogP contribution >= 0.6 is 0 Å². The van der Waals surface area contributed by atoms with E-state index < -0.39 is 0 Å². The minimum Gasteiger partial charge on any atom is -0.493 e. The molecule has 1 aliphatic heterocycles. The van der Waals surface area contributed by atoms with Gasteiger partial charge in [-0.05, 0) is 33.2 Å². The second-order valence-electron chi connectivity index (χ2n) is 6.23. The zero-order valence-electron chi connectivity index (χ0n) is 14.3. The summed E-state index contributed by atoms with van der Waals surface area (Å²) < 4.78 is 8.02. The van der Waals surface area contributed by atoms with Gasteiger partial charge in [-0.3, -0.25) is 4.90 Å². The van der Waals surface area contributed by atoms with Crippen LogP contribution in [0, 0.1) is 0 Å². The topological polar surface area (TPSA) is 33.5 Å². The van der Waals surface area contributed by atoms with Gasteiger partial charge in [-0.1, -0.05) is 12.1 Å². The van der Waals surface area contributed by atoms with Crippen LogP contribution in [0.1, 0.15) is 6.92 Å². The summed E-state index contributed by atoms with van der Waals surface area (Å²) in [6, 6.07) is 8.64. The van der Waals surface area contributed by atoms with Gasteiger partial charge in [0.15, 0.2) is 0 Å². The summed E-state index contributed by atoms with van der Waals surface area (Å²) in [4.78, 5) is 9.43. The number of imidazole rings is 1. The molecular formula is C18H26N4O. The van der Waals surface area contributed by atoms with Crippen LogP contribution in [0.5, 0.6) is 5.75 Å². The van der Waals surface area contributed by atoms with Crippen molar-refractivity contribution in [1.29, 1.82) is 0 Å². The highest BCUT2D eigenvalue weighted by molar-refractivity contribution is 5.64. The number of ether oxygens (including phenoxy) is 1. The Labute approximate surface area is 138 Å². The molecule has 1 unspecified atom stereocenters. The zero-order valence-corrected chi connectivity index (χ0v) is 14.3. The largest absolute Gasteiger partial charge is 0.493 e. The number of nitrogens with zero attached hydrogens (tertiary/aromatic N) is 4. The van der Waals surface area contributed by atoms with E-state index in [1.165, 1.54) is 0 Å². The highest BCUT2D eigenvalue weighted by atomic mass is 16.5. The van der Waals surface area contributed by atoms with Crippen LogP contribution < -0.4 is 4.74 Å². The maximum Gasteiger partial charge on any atom is 0.143 e. The number of rotatable bonds is 5. The Morgan fingerprint density at radius 1 is 1.22 bits per heavy atom. The van der Waals surface area contributed by atoms with E-state index in [9.17, 15) is 0 Å². The molecule has 1 aromatic carbocycles. The zero-order chi connectivity index (χ0) is 16.2. The van der Waals surface area contributed by atoms with E-state index in [0.717, 1.165) is 43.3 Å². The summed E-state index contributed by atoms with van der Waals surface area (Å²) in [5.41, 5.74) is 1.06. The second-order valence-corrected chi connectivity index (χ2v) is 6.23. The maximum absolute atomic E-state index is 5.77. The first-order chi connectivity index (χ1) is 11.2. The van der Waals surface area contributed by atoms with Crippen LogP contribution in [0.3, 0.4) is 0 Å². The third-order valence-corrected chi connectivity index (χ3v) is 4.53. The molecule has 5 heteroatoms. The molecule has 3 rings (SSSR count). The fourth-order valence-corrected chi connectivity index (χ4v) is 3.16. The van der Waals surface area contributed by atoms with E-state index in [1.54, 1.807) is 0 Å². The molecule has 2 heterocycles. The van der Waals surface area contributed by atoms with Crippen LogP contribution in [0.2, 0.25) is 0 Å². The molecule has 1 saturated heterocycles. The number of hydrogen-bond acceptors (Lipinski definition) is 4. The van der Waals surface area contributed by atoms with Gasteiger partial charge in [0.05, 0.1) is 12.2 Å². The fraction of sp³-hybridized carbons (Fsp3) is 0.500. The summed E-state index contributed by atoms with van der Waals surface area (Å²) in [7, 11) is 4.40. The molecule has 0 N–H and O–H groups in total. The lowest BCUT2D eigenvalue weighted by Gasteiger charge is -2.38. The smallest absolute Gasteiger partial charge is 0.143 e. The van der Waals surface area contributed by atoms with E-state index in [-0.39, 0.29) is 0 Å². The molecule has 0 spiro atoms. The van der Waals surface area contributed by atoms with Gasteiger partial charge in [-0.25, -0.2) is 4.98 Å². The Bertz CT molecular complexity index is 639. The lowest BCUT2D eigenvalue weighted by molar-refractivity contribution is 0.103. The molecule has 23 heavy (non-hydrogen) atoms. The molecule has 1 aromatic heterocycles. The lowest BCUT2D eigenvalue weighted by Crippen LogP contribution is -2.51. The number of para-hydroxylation sites is 1. The van der Waals surface area contributed by atoms with Crippen molar-refractivity contribution in [2.75, 3.05) is 40.3 Å². The summed E-state index contributed by atoms with van der Waals surface area (Å²) >= 11 is 0. The van der Waals surface area contributed by atoms with Crippen LogP contribution in [0.4, 0.5) is 0 Å². The second kappa shape index (κ2) is 7.15. The molecule has 0 saturated carbocycles. The average Bonchev–Trinajstić information content (AvgIpc) is 3.00. The number of hydrogen-bond donors (Lipinski definition) is 0. The number of benzene rings is 1. The highest BCUT2D eigenvalue weighted by Gasteiger charge is 2.23. The van der Waals surface area contributed by atoms with Crippen molar-refractivity contribution in [1.82, 2.24) is 19.4 Å². The molecule has 0 amide bonds. The predicted molar refractivity (Wildman–Crippen MR) is 92.7 cm³/mol. The van der Waals surface area contributed by atoms with Gasteiger partial charge in [-0.15, -0.1) is 0 Å². The Hall–Kier alpha value is -1.85. The Morgan fingerprint density at radius 3 is 2.87 bits per heavy atom. The highest BCUT2D eigenvalue weighted by Crippen LogP contribution is 2.29. The standard InChI is InChI=1S/C18H26N4O/c1-4-23-17-8-6-5-7-16(17)18-19-9-10-22(18)14-15-13-20(2)11-12-21(15)3/h5-10,15H,4,11-14H2,1-3H3. The Kier molecular flexibility index (Phi) is 4.98. The Morgan fingerprint density at radius 2 is 2.04 bits per heavy atom. The van der Waals surface area contributed by atoms with Crippen molar-refractivity contribution in [2.45, 2.75) is 19.5 Å². The maximum atomic E-state index is 5.77. The van der Waals surface area contributed by atoms with Crippen molar-refractivity contribution in [3.05, 3.63) is 36.7 Å². The van der Waals surface area contributed by atoms with E-state index in [2.05, 4.69) is 45.7 Å². The Balaban J connectivity index is 1.85. The van der Waals surface area contributed by atoms with Crippen molar-refractivity contribution >= 4 is 0 Å². The molecular weight excluding hydrogens is 288 g/mol. The molecule has 1 fully saturated rings. The summed E-state index contributed by atoms with van der Waals surface area (Å²) in [5.74, 6) is 1.88. The average molecular weight is 314 g/mol. The van der Waals surface area contributed by atoms with Gasteiger partial charge in [-0.2, -0.15) is 0 Å².